The molecule has 0 aliphatic carbocycles. The van der Waals surface area contributed by atoms with Crippen molar-refractivity contribution in [3.05, 3.63) is 52.7 Å². The minimum atomic E-state index is -0.599. The van der Waals surface area contributed by atoms with Crippen molar-refractivity contribution in [2.24, 2.45) is 5.73 Å². The maximum Gasteiger partial charge on any atom is 0.250 e. The van der Waals surface area contributed by atoms with Gasteiger partial charge < -0.3 is 16.0 Å². The van der Waals surface area contributed by atoms with E-state index in [-0.39, 0.29) is 16.5 Å². The molecule has 3 N–H and O–H groups in total. The molecule has 3 rings (SSSR count). The maximum atomic E-state index is 12.6. The van der Waals surface area contributed by atoms with Crippen LogP contribution in [0.15, 0.2) is 36.5 Å². The molecule has 1 aromatic heterocycles. The molecular formula is C17H17ClN4O2. The fraction of sp³-hybridized carbons (Fsp3) is 0.235. The number of hydrogen-bond acceptors (Lipinski definition) is 4. The second-order valence-corrected chi connectivity index (χ2v) is 6.14. The van der Waals surface area contributed by atoms with Crippen LogP contribution < -0.4 is 16.0 Å². The van der Waals surface area contributed by atoms with Gasteiger partial charge in [0.05, 0.1) is 10.6 Å². The molecule has 0 spiro atoms. The number of primary amides is 1. The summed E-state index contributed by atoms with van der Waals surface area (Å²) in [6.45, 7) is 2.62. The zero-order valence-corrected chi connectivity index (χ0v) is 13.9. The second-order valence-electron chi connectivity index (χ2n) is 5.73. The third kappa shape index (κ3) is 3.19. The number of hydrogen-bond donors (Lipinski definition) is 2. The first-order valence-corrected chi connectivity index (χ1v) is 7.93. The SMILES string of the molecule is Cc1ccc(N2CCC(Nc3ncc(C(N)=O)cc3Cl)C2=O)cc1. The Morgan fingerprint density at radius 1 is 1.38 bits per heavy atom. The lowest BCUT2D eigenvalue weighted by Gasteiger charge is -2.18. The number of nitrogens with zero attached hydrogens (tertiary/aromatic N) is 2. The van der Waals surface area contributed by atoms with Crippen LogP contribution in [0.3, 0.4) is 0 Å². The molecular weight excluding hydrogens is 328 g/mol. The second kappa shape index (κ2) is 6.49. The number of nitrogens with one attached hydrogen (secondary N) is 1. The number of carbonyl (C=O) groups excluding carboxylic acids is 2. The highest BCUT2D eigenvalue weighted by Crippen LogP contribution is 2.26. The van der Waals surface area contributed by atoms with E-state index in [1.54, 1.807) is 4.90 Å². The zero-order chi connectivity index (χ0) is 17.3. The third-order valence-electron chi connectivity index (χ3n) is 3.99. The van der Waals surface area contributed by atoms with Crippen molar-refractivity contribution in [2.45, 2.75) is 19.4 Å². The van der Waals surface area contributed by atoms with Gasteiger partial charge in [0.2, 0.25) is 11.8 Å². The molecule has 1 saturated heterocycles. The smallest absolute Gasteiger partial charge is 0.250 e. The molecule has 1 fully saturated rings. The minimum Gasteiger partial charge on any atom is -0.366 e. The number of pyridine rings is 1. The summed E-state index contributed by atoms with van der Waals surface area (Å²) in [5.74, 6) is -0.264. The van der Waals surface area contributed by atoms with Crippen LogP contribution in [0.1, 0.15) is 22.3 Å². The largest absolute Gasteiger partial charge is 0.366 e. The fourth-order valence-corrected chi connectivity index (χ4v) is 2.86. The molecule has 0 saturated carbocycles. The number of amides is 2. The Morgan fingerprint density at radius 2 is 2.08 bits per heavy atom. The monoisotopic (exact) mass is 344 g/mol. The quantitative estimate of drug-likeness (QED) is 0.891. The molecule has 7 heteroatoms. The van der Waals surface area contributed by atoms with Crippen molar-refractivity contribution >= 4 is 34.9 Å². The summed E-state index contributed by atoms with van der Waals surface area (Å²) in [4.78, 5) is 29.6. The predicted molar refractivity (Wildman–Crippen MR) is 93.3 cm³/mol. The molecule has 0 radical (unpaired) electrons. The molecule has 1 atom stereocenters. The van der Waals surface area contributed by atoms with Crippen LogP contribution in [0.5, 0.6) is 0 Å². The van der Waals surface area contributed by atoms with Crippen LogP contribution in [0.25, 0.3) is 0 Å². The topological polar surface area (TPSA) is 88.3 Å². The van der Waals surface area contributed by atoms with Crippen molar-refractivity contribution in [3.63, 3.8) is 0 Å². The number of aryl methyl sites for hydroxylation is 1. The first-order valence-electron chi connectivity index (χ1n) is 7.55. The molecule has 1 aromatic carbocycles. The molecule has 124 valence electrons. The highest BCUT2D eigenvalue weighted by atomic mass is 35.5. The number of benzene rings is 1. The highest BCUT2D eigenvalue weighted by Gasteiger charge is 2.33. The average Bonchev–Trinajstić information content (AvgIpc) is 2.91. The van der Waals surface area contributed by atoms with Gasteiger partial charge in [0, 0.05) is 18.4 Å². The van der Waals surface area contributed by atoms with Gasteiger partial charge in [-0.2, -0.15) is 0 Å². The summed E-state index contributed by atoms with van der Waals surface area (Å²) in [5.41, 5.74) is 7.44. The van der Waals surface area contributed by atoms with Crippen molar-refractivity contribution in [2.75, 3.05) is 16.8 Å². The Bertz CT molecular complexity index is 792. The van der Waals surface area contributed by atoms with E-state index in [2.05, 4.69) is 10.3 Å². The van der Waals surface area contributed by atoms with Crippen molar-refractivity contribution in [3.8, 4) is 0 Å². The molecule has 2 amide bonds. The minimum absolute atomic E-state index is 0.0318. The molecule has 24 heavy (non-hydrogen) atoms. The molecule has 1 unspecified atom stereocenters. The van der Waals surface area contributed by atoms with E-state index in [1.165, 1.54) is 12.3 Å². The van der Waals surface area contributed by atoms with E-state index in [9.17, 15) is 9.59 Å². The Balaban J connectivity index is 1.74. The first-order chi connectivity index (χ1) is 11.5. The van der Waals surface area contributed by atoms with E-state index >= 15 is 0 Å². The van der Waals surface area contributed by atoms with Gasteiger partial charge in [0.25, 0.3) is 0 Å². The van der Waals surface area contributed by atoms with Gasteiger partial charge in [-0.1, -0.05) is 29.3 Å². The van der Waals surface area contributed by atoms with Crippen LogP contribution >= 0.6 is 11.6 Å². The number of nitrogens with two attached hydrogens (primary N) is 1. The van der Waals surface area contributed by atoms with Crippen molar-refractivity contribution in [1.29, 1.82) is 0 Å². The molecule has 1 aliphatic rings. The van der Waals surface area contributed by atoms with Gasteiger partial charge in [-0.3, -0.25) is 9.59 Å². The van der Waals surface area contributed by atoms with E-state index in [0.717, 1.165) is 11.3 Å². The molecule has 2 aromatic rings. The first kappa shape index (κ1) is 16.3. The van der Waals surface area contributed by atoms with Crippen molar-refractivity contribution in [1.82, 2.24) is 4.98 Å². The van der Waals surface area contributed by atoms with Crippen LogP contribution in [0.4, 0.5) is 11.5 Å². The lowest BCUT2D eigenvalue weighted by Crippen LogP contribution is -2.33. The van der Waals surface area contributed by atoms with Gasteiger partial charge in [-0.25, -0.2) is 4.98 Å². The lowest BCUT2D eigenvalue weighted by atomic mass is 10.2. The van der Waals surface area contributed by atoms with Crippen LogP contribution in [-0.2, 0) is 4.79 Å². The van der Waals surface area contributed by atoms with Crippen LogP contribution in [0.2, 0.25) is 5.02 Å². The van der Waals surface area contributed by atoms with Crippen molar-refractivity contribution < 1.29 is 9.59 Å². The van der Waals surface area contributed by atoms with Gasteiger partial charge in [-0.05, 0) is 31.5 Å². The standard InChI is InChI=1S/C17H17ClN4O2/c1-10-2-4-12(5-3-10)22-7-6-14(17(22)24)21-16-13(18)8-11(9-20-16)15(19)23/h2-5,8-9,14H,6-7H2,1H3,(H2,19,23)(H,20,21). The Morgan fingerprint density at radius 3 is 2.71 bits per heavy atom. The summed E-state index contributed by atoms with van der Waals surface area (Å²) in [6, 6.07) is 8.85. The van der Waals surface area contributed by atoms with E-state index < -0.39 is 11.9 Å². The number of aromatic nitrogens is 1. The summed E-state index contributed by atoms with van der Waals surface area (Å²) < 4.78 is 0. The van der Waals surface area contributed by atoms with E-state index in [4.69, 9.17) is 17.3 Å². The van der Waals surface area contributed by atoms with Crippen LogP contribution in [-0.4, -0.2) is 29.4 Å². The van der Waals surface area contributed by atoms with Gasteiger partial charge >= 0.3 is 0 Å². The maximum absolute atomic E-state index is 12.6. The van der Waals surface area contributed by atoms with E-state index in [0.29, 0.717) is 18.8 Å². The van der Waals surface area contributed by atoms with E-state index in [1.807, 2.05) is 31.2 Å². The number of anilines is 2. The number of halogens is 1. The average molecular weight is 345 g/mol. The summed E-state index contributed by atoms with van der Waals surface area (Å²) in [7, 11) is 0. The molecule has 1 aliphatic heterocycles. The molecule has 0 bridgehead atoms. The zero-order valence-electron chi connectivity index (χ0n) is 13.1. The summed E-state index contributed by atoms with van der Waals surface area (Å²) >= 11 is 6.11. The summed E-state index contributed by atoms with van der Waals surface area (Å²) in [6.07, 6.45) is 1.98. The van der Waals surface area contributed by atoms with Gasteiger partial charge in [0.1, 0.15) is 11.9 Å². The number of carbonyl (C=O) groups is 2. The molecule has 2 heterocycles. The third-order valence-corrected chi connectivity index (χ3v) is 4.28. The van der Waals surface area contributed by atoms with Gasteiger partial charge in [-0.15, -0.1) is 0 Å². The lowest BCUT2D eigenvalue weighted by molar-refractivity contribution is -0.117. The fourth-order valence-electron chi connectivity index (χ4n) is 2.64. The highest BCUT2D eigenvalue weighted by molar-refractivity contribution is 6.33. The Kier molecular flexibility index (Phi) is 4.40. The Labute approximate surface area is 144 Å². The van der Waals surface area contributed by atoms with Gasteiger partial charge in [0.15, 0.2) is 0 Å². The normalized spacial score (nSPS) is 17.2. The predicted octanol–water partition coefficient (Wildman–Crippen LogP) is 2.36. The number of rotatable bonds is 4. The Hall–Kier alpha value is -2.60. The summed E-state index contributed by atoms with van der Waals surface area (Å²) in [5, 5.41) is 3.31. The van der Waals surface area contributed by atoms with Crippen LogP contribution in [0, 0.1) is 6.92 Å². The molecule has 6 nitrogen and oxygen atoms in total.